The predicted octanol–water partition coefficient (Wildman–Crippen LogP) is -0.619. The van der Waals surface area contributed by atoms with Crippen molar-refractivity contribution in [3.05, 3.63) is 0 Å². The second-order valence-corrected chi connectivity index (χ2v) is 4.87. The lowest BCUT2D eigenvalue weighted by molar-refractivity contribution is -0.131. The molecule has 6 heteroatoms. The highest BCUT2D eigenvalue weighted by Gasteiger charge is 2.20. The summed E-state index contributed by atoms with van der Waals surface area (Å²) in [5.41, 5.74) is 4.90. The average Bonchev–Trinajstić information content (AvgIpc) is 2.15. The molecule has 0 bridgehead atoms. The molecule has 0 rings (SSSR count). The van der Waals surface area contributed by atoms with Crippen molar-refractivity contribution >= 4 is 11.8 Å². The molecule has 1 atom stereocenters. The van der Waals surface area contributed by atoms with E-state index < -0.39 is 6.04 Å². The zero-order chi connectivity index (χ0) is 13.5. The van der Waals surface area contributed by atoms with Crippen LogP contribution in [0.1, 0.15) is 27.7 Å². The first-order chi connectivity index (χ1) is 7.76. The first-order valence-corrected chi connectivity index (χ1v) is 5.65. The van der Waals surface area contributed by atoms with Crippen LogP contribution in [0.4, 0.5) is 0 Å². The van der Waals surface area contributed by atoms with Gasteiger partial charge in [-0.2, -0.15) is 0 Å². The van der Waals surface area contributed by atoms with Gasteiger partial charge in [-0.3, -0.25) is 9.59 Å². The highest BCUT2D eigenvalue weighted by atomic mass is 16.5. The van der Waals surface area contributed by atoms with Gasteiger partial charge in [0.2, 0.25) is 11.8 Å². The minimum atomic E-state index is -0.580. The number of rotatable bonds is 6. The summed E-state index contributed by atoms with van der Waals surface area (Å²) in [4.78, 5) is 23.0. The van der Waals surface area contributed by atoms with Crippen LogP contribution >= 0.6 is 0 Å². The van der Waals surface area contributed by atoms with E-state index in [-0.39, 0.29) is 24.0 Å². The molecule has 0 aliphatic carbocycles. The monoisotopic (exact) mass is 245 g/mol. The van der Waals surface area contributed by atoms with Gasteiger partial charge >= 0.3 is 0 Å². The van der Waals surface area contributed by atoms with Crippen LogP contribution in [-0.4, -0.2) is 43.2 Å². The second-order valence-electron chi connectivity index (χ2n) is 4.87. The molecule has 0 aromatic heterocycles. The highest BCUT2D eigenvalue weighted by Crippen LogP contribution is 1.99. The number of carbonyl (C=O) groups excluding carboxylic acids is 2. The third-order valence-electron chi connectivity index (χ3n) is 1.76. The van der Waals surface area contributed by atoms with Gasteiger partial charge in [0.25, 0.3) is 0 Å². The Kier molecular flexibility index (Phi) is 6.75. The second kappa shape index (κ2) is 7.24. The Balaban J connectivity index is 3.95. The van der Waals surface area contributed by atoms with Crippen molar-refractivity contribution in [2.75, 3.05) is 19.8 Å². The maximum absolute atomic E-state index is 11.6. The molecule has 17 heavy (non-hydrogen) atoms. The van der Waals surface area contributed by atoms with Crippen LogP contribution in [0.3, 0.4) is 0 Å². The molecule has 0 fully saturated rings. The lowest BCUT2D eigenvalue weighted by Crippen LogP contribution is -2.51. The van der Waals surface area contributed by atoms with Crippen LogP contribution in [-0.2, 0) is 14.3 Å². The highest BCUT2D eigenvalue weighted by molar-refractivity contribution is 5.88. The van der Waals surface area contributed by atoms with Crippen molar-refractivity contribution in [3.63, 3.8) is 0 Å². The van der Waals surface area contributed by atoms with Crippen LogP contribution in [0.25, 0.3) is 0 Å². The van der Waals surface area contributed by atoms with Gasteiger partial charge in [0.05, 0.1) is 6.61 Å². The standard InChI is InChI=1S/C11H23N3O3/c1-8(10(16)14-11(2,3)4)13-9(15)7-17-6-5-12/h8H,5-7,12H2,1-4H3,(H,13,15)(H,14,16). The number of hydrogen-bond donors (Lipinski definition) is 3. The van der Waals surface area contributed by atoms with E-state index in [2.05, 4.69) is 10.6 Å². The molecule has 0 saturated heterocycles. The van der Waals surface area contributed by atoms with Crippen molar-refractivity contribution in [2.24, 2.45) is 5.73 Å². The summed E-state index contributed by atoms with van der Waals surface area (Å²) in [6.07, 6.45) is 0. The Morgan fingerprint density at radius 3 is 2.41 bits per heavy atom. The van der Waals surface area contributed by atoms with E-state index >= 15 is 0 Å². The molecule has 4 N–H and O–H groups in total. The summed E-state index contributed by atoms with van der Waals surface area (Å²) in [6.45, 7) is 7.88. The summed E-state index contributed by atoms with van der Waals surface area (Å²) in [5.74, 6) is -0.542. The van der Waals surface area contributed by atoms with Crippen LogP contribution in [0.15, 0.2) is 0 Å². The van der Waals surface area contributed by atoms with Crippen molar-refractivity contribution in [3.8, 4) is 0 Å². The van der Waals surface area contributed by atoms with Gasteiger partial charge in [-0.25, -0.2) is 0 Å². The van der Waals surface area contributed by atoms with Gasteiger partial charge in [-0.1, -0.05) is 0 Å². The SMILES string of the molecule is CC(NC(=O)COCCN)C(=O)NC(C)(C)C. The molecule has 0 aromatic carbocycles. The number of carbonyl (C=O) groups is 2. The Morgan fingerprint density at radius 1 is 1.35 bits per heavy atom. The maximum atomic E-state index is 11.6. The Morgan fingerprint density at radius 2 is 1.94 bits per heavy atom. The first-order valence-electron chi connectivity index (χ1n) is 5.65. The molecule has 0 radical (unpaired) electrons. The number of nitrogens with two attached hydrogens (primary N) is 1. The van der Waals surface area contributed by atoms with Crippen LogP contribution in [0.2, 0.25) is 0 Å². The van der Waals surface area contributed by atoms with E-state index in [0.717, 1.165) is 0 Å². The first kappa shape index (κ1) is 15.9. The van der Waals surface area contributed by atoms with Crippen LogP contribution < -0.4 is 16.4 Å². The van der Waals surface area contributed by atoms with Crippen molar-refractivity contribution in [2.45, 2.75) is 39.3 Å². The minimum absolute atomic E-state index is 0.0790. The molecule has 0 aromatic rings. The molecule has 1 unspecified atom stereocenters. The van der Waals surface area contributed by atoms with Gasteiger partial charge in [0, 0.05) is 12.1 Å². The quantitative estimate of drug-likeness (QED) is 0.544. The Hall–Kier alpha value is -1.14. The van der Waals surface area contributed by atoms with Crippen molar-refractivity contribution in [1.82, 2.24) is 10.6 Å². The number of nitrogens with one attached hydrogen (secondary N) is 2. The molecule has 6 nitrogen and oxygen atoms in total. The molecule has 0 spiro atoms. The van der Waals surface area contributed by atoms with E-state index in [9.17, 15) is 9.59 Å². The summed E-state index contributed by atoms with van der Waals surface area (Å²) in [6, 6.07) is -0.580. The van der Waals surface area contributed by atoms with E-state index in [1.165, 1.54) is 0 Å². The Labute approximate surface area is 102 Å². The third-order valence-corrected chi connectivity index (χ3v) is 1.76. The van der Waals surface area contributed by atoms with Crippen molar-refractivity contribution < 1.29 is 14.3 Å². The minimum Gasteiger partial charge on any atom is -0.370 e. The fourth-order valence-electron chi connectivity index (χ4n) is 1.07. The fourth-order valence-corrected chi connectivity index (χ4v) is 1.07. The van der Waals surface area contributed by atoms with E-state index in [1.807, 2.05) is 20.8 Å². The van der Waals surface area contributed by atoms with Gasteiger partial charge < -0.3 is 21.1 Å². The van der Waals surface area contributed by atoms with E-state index in [4.69, 9.17) is 10.5 Å². The lowest BCUT2D eigenvalue weighted by Gasteiger charge is -2.23. The maximum Gasteiger partial charge on any atom is 0.246 e. The molecular weight excluding hydrogens is 222 g/mol. The smallest absolute Gasteiger partial charge is 0.246 e. The number of hydrogen-bond acceptors (Lipinski definition) is 4. The molecule has 100 valence electrons. The molecule has 0 saturated carbocycles. The van der Waals surface area contributed by atoms with E-state index in [1.54, 1.807) is 6.92 Å². The van der Waals surface area contributed by atoms with E-state index in [0.29, 0.717) is 13.2 Å². The third kappa shape index (κ3) is 8.65. The number of ether oxygens (including phenoxy) is 1. The normalized spacial score (nSPS) is 13.0. The summed E-state index contributed by atoms with van der Waals surface area (Å²) < 4.78 is 4.96. The Bertz CT molecular complexity index is 261. The molecule has 0 aliphatic heterocycles. The van der Waals surface area contributed by atoms with Gasteiger partial charge in [0.1, 0.15) is 12.6 Å². The average molecular weight is 245 g/mol. The van der Waals surface area contributed by atoms with Gasteiger partial charge in [0.15, 0.2) is 0 Å². The predicted molar refractivity (Wildman–Crippen MR) is 65.4 cm³/mol. The molecule has 2 amide bonds. The van der Waals surface area contributed by atoms with Crippen LogP contribution in [0.5, 0.6) is 0 Å². The van der Waals surface area contributed by atoms with Crippen molar-refractivity contribution in [1.29, 1.82) is 0 Å². The summed E-state index contributed by atoms with van der Waals surface area (Å²) >= 11 is 0. The molecule has 0 heterocycles. The van der Waals surface area contributed by atoms with Crippen LogP contribution in [0, 0.1) is 0 Å². The zero-order valence-electron chi connectivity index (χ0n) is 11.0. The largest absolute Gasteiger partial charge is 0.370 e. The topological polar surface area (TPSA) is 93.4 Å². The number of amides is 2. The molecule has 0 aliphatic rings. The van der Waals surface area contributed by atoms with Gasteiger partial charge in [-0.05, 0) is 27.7 Å². The lowest BCUT2D eigenvalue weighted by atomic mass is 10.1. The molecular formula is C11H23N3O3. The zero-order valence-corrected chi connectivity index (χ0v) is 11.0. The fraction of sp³-hybridized carbons (Fsp3) is 0.818. The summed E-state index contributed by atoms with van der Waals surface area (Å²) in [5, 5.41) is 5.32. The van der Waals surface area contributed by atoms with Gasteiger partial charge in [-0.15, -0.1) is 0 Å². The summed E-state index contributed by atoms with van der Waals surface area (Å²) in [7, 11) is 0.